The van der Waals surface area contributed by atoms with E-state index in [0.717, 1.165) is 18.9 Å². The molecule has 1 aliphatic rings. The van der Waals surface area contributed by atoms with Crippen LogP contribution in [0.25, 0.3) is 11.4 Å². The third-order valence-electron chi connectivity index (χ3n) is 5.31. The van der Waals surface area contributed by atoms with Crippen molar-refractivity contribution >= 4 is 11.7 Å². The average molecular weight is 453 g/mol. The number of carbonyl (C=O) groups excluding carboxylic acids is 2. The van der Waals surface area contributed by atoms with E-state index in [2.05, 4.69) is 15.5 Å². The summed E-state index contributed by atoms with van der Waals surface area (Å²) in [7, 11) is 0. The Bertz CT molecular complexity index is 1160. The van der Waals surface area contributed by atoms with E-state index in [1.54, 1.807) is 38.1 Å². The number of aromatic nitrogens is 2. The molecule has 8 nitrogen and oxygen atoms in total. The van der Waals surface area contributed by atoms with Gasteiger partial charge in [-0.15, -0.1) is 0 Å². The molecule has 2 aromatic carbocycles. The number of aliphatic hydroxyl groups is 1. The van der Waals surface area contributed by atoms with Gasteiger partial charge in [-0.3, -0.25) is 9.59 Å². The number of amides is 1. The molecule has 1 aliphatic carbocycles. The van der Waals surface area contributed by atoms with Crippen LogP contribution in [0.2, 0.25) is 0 Å². The fraction of sp³-hybridized carbons (Fsp3) is 0.333. The third-order valence-corrected chi connectivity index (χ3v) is 5.31. The van der Waals surface area contributed by atoms with Crippen LogP contribution in [0.1, 0.15) is 59.4 Å². The zero-order chi connectivity index (χ0) is 23.5. The number of hydrogen-bond acceptors (Lipinski definition) is 7. The first-order valence-electron chi connectivity index (χ1n) is 10.7. The third kappa shape index (κ3) is 5.25. The molecule has 0 aliphatic heterocycles. The zero-order valence-corrected chi connectivity index (χ0v) is 18.2. The van der Waals surface area contributed by atoms with Crippen molar-refractivity contribution in [2.24, 2.45) is 5.92 Å². The Morgan fingerprint density at radius 1 is 1.21 bits per heavy atom. The van der Waals surface area contributed by atoms with E-state index in [1.165, 1.54) is 12.1 Å². The molecule has 1 saturated carbocycles. The molecule has 3 aromatic rings. The Kier molecular flexibility index (Phi) is 6.50. The smallest absolute Gasteiger partial charge is 0.267 e. The van der Waals surface area contributed by atoms with Gasteiger partial charge in [-0.2, -0.15) is 4.98 Å². The van der Waals surface area contributed by atoms with Crippen molar-refractivity contribution in [1.29, 1.82) is 0 Å². The largest absolute Gasteiger partial charge is 0.481 e. The van der Waals surface area contributed by atoms with E-state index in [9.17, 15) is 14.0 Å². The minimum Gasteiger partial charge on any atom is -0.481 e. The predicted molar refractivity (Wildman–Crippen MR) is 116 cm³/mol. The molecular formula is C24H24FN3O5. The Morgan fingerprint density at radius 2 is 1.94 bits per heavy atom. The quantitative estimate of drug-likeness (QED) is 0.475. The van der Waals surface area contributed by atoms with Gasteiger partial charge in [-0.05, 0) is 63.1 Å². The number of rotatable bonds is 9. The molecule has 1 heterocycles. The molecule has 1 amide bonds. The molecule has 2 N–H and O–H groups in total. The van der Waals surface area contributed by atoms with Gasteiger partial charge < -0.3 is 19.7 Å². The van der Waals surface area contributed by atoms with Crippen LogP contribution in [-0.2, 0) is 0 Å². The monoisotopic (exact) mass is 453 g/mol. The summed E-state index contributed by atoms with van der Waals surface area (Å²) in [6.07, 6.45) is 1.33. The highest BCUT2D eigenvalue weighted by Gasteiger charge is 2.30. The van der Waals surface area contributed by atoms with Crippen molar-refractivity contribution in [2.45, 2.75) is 38.8 Å². The molecule has 33 heavy (non-hydrogen) atoms. The summed E-state index contributed by atoms with van der Waals surface area (Å²) < 4.78 is 25.6. The lowest BCUT2D eigenvalue weighted by Gasteiger charge is -2.11. The van der Waals surface area contributed by atoms with Crippen molar-refractivity contribution in [3.05, 3.63) is 65.3 Å². The molecule has 9 heteroatoms. The van der Waals surface area contributed by atoms with E-state index in [1.807, 2.05) is 0 Å². The van der Waals surface area contributed by atoms with Crippen LogP contribution < -0.4 is 10.1 Å². The van der Waals surface area contributed by atoms with E-state index >= 15 is 0 Å². The fourth-order valence-corrected chi connectivity index (χ4v) is 3.24. The van der Waals surface area contributed by atoms with E-state index < -0.39 is 23.9 Å². The Hall–Kier alpha value is -3.59. The molecule has 4 rings (SSSR count). The van der Waals surface area contributed by atoms with Gasteiger partial charge in [0.05, 0.1) is 12.2 Å². The van der Waals surface area contributed by atoms with Crippen LogP contribution >= 0.6 is 0 Å². The number of halogens is 1. The molecule has 0 spiro atoms. The number of carbonyl (C=O) groups is 2. The maximum atomic E-state index is 14.5. The van der Waals surface area contributed by atoms with E-state index in [0.29, 0.717) is 16.9 Å². The Morgan fingerprint density at radius 3 is 2.58 bits per heavy atom. The Labute approximate surface area is 189 Å². The fourth-order valence-electron chi connectivity index (χ4n) is 3.24. The highest BCUT2D eigenvalue weighted by atomic mass is 19.1. The second-order valence-corrected chi connectivity index (χ2v) is 8.13. The van der Waals surface area contributed by atoms with E-state index in [-0.39, 0.29) is 35.6 Å². The summed E-state index contributed by atoms with van der Waals surface area (Å²) in [5, 5.41) is 15.4. The molecule has 172 valence electrons. The van der Waals surface area contributed by atoms with E-state index in [4.69, 9.17) is 14.4 Å². The van der Waals surface area contributed by atoms with Gasteiger partial charge in [0.2, 0.25) is 5.82 Å². The van der Waals surface area contributed by atoms with Crippen molar-refractivity contribution < 1.29 is 28.3 Å². The van der Waals surface area contributed by atoms with Crippen molar-refractivity contribution in [3.63, 3.8) is 0 Å². The number of nitrogens with zero attached hydrogens (tertiary/aromatic N) is 2. The van der Waals surface area contributed by atoms with Crippen molar-refractivity contribution in [1.82, 2.24) is 15.5 Å². The second kappa shape index (κ2) is 9.50. The highest BCUT2D eigenvalue weighted by Crippen LogP contribution is 2.33. The molecule has 1 aromatic heterocycles. The number of nitrogens with one attached hydrogen (secondary N) is 1. The number of hydrogen-bond donors (Lipinski definition) is 2. The average Bonchev–Trinajstić information content (AvgIpc) is 3.54. The maximum Gasteiger partial charge on any atom is 0.267 e. The van der Waals surface area contributed by atoms with Crippen LogP contribution in [-0.4, -0.2) is 39.6 Å². The Balaban J connectivity index is 1.42. The van der Waals surface area contributed by atoms with Crippen molar-refractivity contribution in [2.75, 3.05) is 6.61 Å². The first-order valence-corrected chi connectivity index (χ1v) is 10.7. The summed E-state index contributed by atoms with van der Waals surface area (Å²) in [6, 6.07) is 10.4. The summed E-state index contributed by atoms with van der Waals surface area (Å²) in [6.45, 7) is 3.09. The number of Topliss-reactive ketones (excluding diaryl/α,β-unsaturated/α-hetero) is 1. The number of ether oxygens (including phenoxy) is 1. The summed E-state index contributed by atoms with van der Waals surface area (Å²) in [5.74, 6) is -0.150. The van der Waals surface area contributed by atoms with Gasteiger partial charge >= 0.3 is 0 Å². The standard InChI is InChI=1S/C24H24FN3O5/c1-13(12-29)26-23(31)19-10-7-17(11-20(19)25)22-27-24(33-28-22)14(2)32-18-8-5-16(6-9-18)21(30)15-3-4-15/h5-11,13-15,29H,3-4,12H2,1-2H3,(H,26,31). The SMILES string of the molecule is CC(CO)NC(=O)c1ccc(-c2noc(C(C)Oc3ccc(C(=O)C4CC4)cc3)n2)cc1F. The summed E-state index contributed by atoms with van der Waals surface area (Å²) in [4.78, 5) is 28.5. The molecular weight excluding hydrogens is 429 g/mol. The maximum absolute atomic E-state index is 14.5. The normalized spacial score (nSPS) is 15.0. The lowest BCUT2D eigenvalue weighted by Crippen LogP contribution is -2.35. The number of benzene rings is 2. The van der Waals surface area contributed by atoms with Crippen LogP contribution in [0.5, 0.6) is 5.75 Å². The molecule has 0 bridgehead atoms. The highest BCUT2D eigenvalue weighted by molar-refractivity contribution is 5.99. The van der Waals surface area contributed by atoms with Gasteiger partial charge in [0, 0.05) is 23.1 Å². The number of ketones is 1. The first-order chi connectivity index (χ1) is 15.9. The van der Waals surface area contributed by atoms with Gasteiger partial charge in [0.25, 0.3) is 11.8 Å². The summed E-state index contributed by atoms with van der Waals surface area (Å²) in [5.41, 5.74) is 0.857. The summed E-state index contributed by atoms with van der Waals surface area (Å²) >= 11 is 0. The molecule has 2 unspecified atom stereocenters. The molecule has 2 atom stereocenters. The predicted octanol–water partition coefficient (Wildman–Crippen LogP) is 3.72. The van der Waals surface area contributed by atoms with Crippen LogP contribution in [0.15, 0.2) is 47.0 Å². The number of aliphatic hydroxyl groups excluding tert-OH is 1. The minimum absolute atomic E-state index is 0.150. The first kappa shape index (κ1) is 22.6. The van der Waals surface area contributed by atoms with Crippen LogP contribution in [0.3, 0.4) is 0 Å². The minimum atomic E-state index is -0.744. The topological polar surface area (TPSA) is 115 Å². The van der Waals surface area contributed by atoms with Crippen LogP contribution in [0, 0.1) is 11.7 Å². The van der Waals surface area contributed by atoms with Crippen LogP contribution in [0.4, 0.5) is 4.39 Å². The lowest BCUT2D eigenvalue weighted by molar-refractivity contribution is 0.0917. The van der Waals surface area contributed by atoms with Gasteiger partial charge in [0.15, 0.2) is 11.9 Å². The molecule has 1 fully saturated rings. The van der Waals surface area contributed by atoms with Gasteiger partial charge in [0.1, 0.15) is 11.6 Å². The molecule has 0 saturated heterocycles. The van der Waals surface area contributed by atoms with Crippen molar-refractivity contribution in [3.8, 4) is 17.1 Å². The molecule has 0 radical (unpaired) electrons. The zero-order valence-electron chi connectivity index (χ0n) is 18.2. The second-order valence-electron chi connectivity index (χ2n) is 8.13. The van der Waals surface area contributed by atoms with Gasteiger partial charge in [-0.25, -0.2) is 4.39 Å². The lowest BCUT2D eigenvalue weighted by atomic mass is 10.1. The van der Waals surface area contributed by atoms with Gasteiger partial charge in [-0.1, -0.05) is 11.2 Å².